The number of hydrogen-bond donors (Lipinski definition) is 0. The van der Waals surface area contributed by atoms with Gasteiger partial charge in [0.1, 0.15) is 0 Å². The molecule has 4 nitrogen and oxygen atoms in total. The molecule has 0 bridgehead atoms. The number of aryl methyl sites for hydroxylation is 2. The maximum atomic E-state index is 4.82. The van der Waals surface area contributed by atoms with Gasteiger partial charge in [-0.05, 0) is 49.6 Å². The van der Waals surface area contributed by atoms with Crippen molar-refractivity contribution in [3.63, 3.8) is 0 Å². The molecule has 0 fully saturated rings. The second-order valence-corrected chi connectivity index (χ2v) is 7.65. The zero-order chi connectivity index (χ0) is 16.5. The summed E-state index contributed by atoms with van der Waals surface area (Å²) in [5.74, 6) is 0.792. The molecule has 0 amide bonds. The smallest absolute Gasteiger partial charge is 0.159 e. The predicted octanol–water partition coefficient (Wildman–Crippen LogP) is 3.78. The maximum absolute atomic E-state index is 4.82. The first-order valence-corrected chi connectivity index (χ1v) is 9.04. The van der Waals surface area contributed by atoms with Crippen LogP contribution in [0, 0.1) is 13.8 Å². The summed E-state index contributed by atoms with van der Waals surface area (Å²) in [5, 5.41) is 0. The number of rotatable bonds is 3. The highest BCUT2D eigenvalue weighted by molar-refractivity contribution is 7.12. The molecule has 0 unspecified atom stereocenters. The Morgan fingerprint density at radius 2 is 2.04 bits per heavy atom. The van der Waals surface area contributed by atoms with Crippen LogP contribution >= 0.6 is 11.3 Å². The molecular weight excluding hydrogens is 316 g/mol. The van der Waals surface area contributed by atoms with Gasteiger partial charge in [0.15, 0.2) is 5.82 Å². The summed E-state index contributed by atoms with van der Waals surface area (Å²) in [6.45, 7) is 7.36. The lowest BCUT2D eigenvalue weighted by molar-refractivity contribution is 0.243. The predicted molar refractivity (Wildman–Crippen MR) is 96.9 cm³/mol. The summed E-state index contributed by atoms with van der Waals surface area (Å²) in [7, 11) is 0. The largest absolute Gasteiger partial charge is 0.292 e. The maximum Gasteiger partial charge on any atom is 0.159 e. The lowest BCUT2D eigenvalue weighted by atomic mass is 10.1. The van der Waals surface area contributed by atoms with Crippen LogP contribution in [0.15, 0.2) is 36.8 Å². The molecule has 0 saturated heterocycles. The van der Waals surface area contributed by atoms with Crippen molar-refractivity contribution in [3.8, 4) is 11.4 Å². The van der Waals surface area contributed by atoms with Crippen LogP contribution in [0.5, 0.6) is 0 Å². The minimum atomic E-state index is 0.792. The molecule has 4 heterocycles. The van der Waals surface area contributed by atoms with Crippen molar-refractivity contribution in [1.29, 1.82) is 0 Å². The highest BCUT2D eigenvalue weighted by atomic mass is 32.1. The topological polar surface area (TPSA) is 41.9 Å². The second-order valence-electron chi connectivity index (χ2n) is 6.31. The van der Waals surface area contributed by atoms with E-state index in [9.17, 15) is 0 Å². The van der Waals surface area contributed by atoms with Gasteiger partial charge in [-0.1, -0.05) is 0 Å². The number of hydrogen-bond acceptors (Lipinski definition) is 5. The Morgan fingerprint density at radius 1 is 1.21 bits per heavy atom. The molecule has 24 heavy (non-hydrogen) atoms. The van der Waals surface area contributed by atoms with E-state index in [0.717, 1.165) is 43.1 Å². The zero-order valence-electron chi connectivity index (χ0n) is 14.0. The van der Waals surface area contributed by atoms with Gasteiger partial charge in [0.05, 0.1) is 5.69 Å². The van der Waals surface area contributed by atoms with Gasteiger partial charge in [0.2, 0.25) is 0 Å². The third-order valence-corrected chi connectivity index (χ3v) is 5.70. The molecule has 5 heteroatoms. The van der Waals surface area contributed by atoms with Crippen LogP contribution < -0.4 is 0 Å². The molecule has 0 atom stereocenters. The van der Waals surface area contributed by atoms with Crippen LogP contribution in [0.25, 0.3) is 11.4 Å². The molecule has 1 aliphatic rings. The average molecular weight is 336 g/mol. The first-order valence-electron chi connectivity index (χ1n) is 8.22. The van der Waals surface area contributed by atoms with E-state index in [1.54, 1.807) is 12.4 Å². The molecule has 0 radical (unpaired) electrons. The van der Waals surface area contributed by atoms with Crippen LogP contribution in [0.4, 0.5) is 0 Å². The normalized spacial score (nSPS) is 14.6. The van der Waals surface area contributed by atoms with Gasteiger partial charge in [-0.2, -0.15) is 0 Å². The molecule has 1 aliphatic heterocycles. The number of aromatic nitrogens is 3. The molecule has 4 rings (SSSR count). The van der Waals surface area contributed by atoms with E-state index in [1.165, 1.54) is 20.9 Å². The monoisotopic (exact) mass is 336 g/mol. The quantitative estimate of drug-likeness (QED) is 0.730. The molecule has 0 aromatic carbocycles. The van der Waals surface area contributed by atoms with Crippen molar-refractivity contribution < 1.29 is 0 Å². The van der Waals surface area contributed by atoms with Crippen LogP contribution in [-0.4, -0.2) is 26.4 Å². The van der Waals surface area contributed by atoms with E-state index in [2.05, 4.69) is 34.8 Å². The lowest BCUT2D eigenvalue weighted by Gasteiger charge is -2.27. The third-order valence-electron chi connectivity index (χ3n) is 4.56. The second kappa shape index (κ2) is 6.42. The van der Waals surface area contributed by atoms with Gasteiger partial charge in [-0.3, -0.25) is 9.88 Å². The first-order chi connectivity index (χ1) is 11.7. The zero-order valence-corrected chi connectivity index (χ0v) is 14.8. The molecule has 3 aromatic rings. The van der Waals surface area contributed by atoms with Crippen molar-refractivity contribution in [2.24, 2.45) is 0 Å². The Bertz CT molecular complexity index is 838. The fourth-order valence-electron chi connectivity index (χ4n) is 3.08. The van der Waals surface area contributed by atoms with E-state index < -0.39 is 0 Å². The van der Waals surface area contributed by atoms with Crippen LogP contribution in [0.1, 0.15) is 26.6 Å². The summed E-state index contributed by atoms with van der Waals surface area (Å²) in [6.07, 6.45) is 6.59. The fraction of sp³-hybridized carbons (Fsp3) is 0.316. The van der Waals surface area contributed by atoms with Crippen molar-refractivity contribution in [2.45, 2.75) is 33.4 Å². The number of pyridine rings is 1. The first kappa shape index (κ1) is 15.4. The van der Waals surface area contributed by atoms with Gasteiger partial charge in [0.25, 0.3) is 0 Å². The Labute approximate surface area is 146 Å². The molecule has 0 spiro atoms. The SMILES string of the molecule is Cc1cc(CN2CCc3cnc(-c4ccncc4)nc3C2)sc1C. The number of thiophene rings is 1. The van der Waals surface area contributed by atoms with Gasteiger partial charge in [0, 0.05) is 53.5 Å². The third kappa shape index (κ3) is 3.09. The lowest BCUT2D eigenvalue weighted by Crippen LogP contribution is -2.30. The van der Waals surface area contributed by atoms with Crippen molar-refractivity contribution in [2.75, 3.05) is 6.54 Å². The summed E-state index contributed by atoms with van der Waals surface area (Å²) < 4.78 is 0. The molecular formula is C19H20N4S. The molecule has 0 N–H and O–H groups in total. The highest BCUT2D eigenvalue weighted by Crippen LogP contribution is 2.25. The van der Waals surface area contributed by atoms with Crippen LogP contribution in [0.2, 0.25) is 0 Å². The van der Waals surface area contributed by atoms with E-state index >= 15 is 0 Å². The average Bonchev–Trinajstić information content (AvgIpc) is 2.92. The van der Waals surface area contributed by atoms with Crippen LogP contribution in [0.3, 0.4) is 0 Å². The van der Waals surface area contributed by atoms with Gasteiger partial charge in [-0.15, -0.1) is 11.3 Å². The molecule has 0 saturated carbocycles. The molecule has 122 valence electrons. The van der Waals surface area contributed by atoms with Gasteiger partial charge < -0.3 is 0 Å². The number of nitrogens with zero attached hydrogens (tertiary/aromatic N) is 4. The summed E-state index contributed by atoms with van der Waals surface area (Å²) in [5.41, 5.74) is 4.86. The highest BCUT2D eigenvalue weighted by Gasteiger charge is 2.19. The summed E-state index contributed by atoms with van der Waals surface area (Å²) in [6, 6.07) is 6.23. The molecule has 0 aliphatic carbocycles. The van der Waals surface area contributed by atoms with E-state index in [-0.39, 0.29) is 0 Å². The van der Waals surface area contributed by atoms with E-state index in [4.69, 9.17) is 4.98 Å². The van der Waals surface area contributed by atoms with Crippen molar-refractivity contribution >= 4 is 11.3 Å². The Hall–Kier alpha value is -2.11. The fourth-order valence-corrected chi connectivity index (χ4v) is 4.18. The Kier molecular flexibility index (Phi) is 4.12. The summed E-state index contributed by atoms with van der Waals surface area (Å²) in [4.78, 5) is 18.8. The number of fused-ring (bicyclic) bond motifs is 1. The summed E-state index contributed by atoms with van der Waals surface area (Å²) >= 11 is 1.91. The van der Waals surface area contributed by atoms with Crippen LogP contribution in [-0.2, 0) is 19.5 Å². The van der Waals surface area contributed by atoms with Gasteiger partial charge >= 0.3 is 0 Å². The standard InChI is InChI=1S/C19H20N4S/c1-13-9-17(24-14(13)2)11-23-8-5-16-10-21-19(22-18(16)12-23)15-3-6-20-7-4-15/h3-4,6-7,9-10H,5,8,11-12H2,1-2H3. The Morgan fingerprint density at radius 3 is 2.79 bits per heavy atom. The van der Waals surface area contributed by atoms with E-state index in [1.807, 2.05) is 29.7 Å². The Balaban J connectivity index is 1.55. The minimum Gasteiger partial charge on any atom is -0.292 e. The molecule has 3 aromatic heterocycles. The van der Waals surface area contributed by atoms with Crippen molar-refractivity contribution in [1.82, 2.24) is 19.9 Å². The van der Waals surface area contributed by atoms with E-state index in [0.29, 0.717) is 0 Å². The minimum absolute atomic E-state index is 0.792. The van der Waals surface area contributed by atoms with Crippen molar-refractivity contribution in [3.05, 3.63) is 63.4 Å². The van der Waals surface area contributed by atoms with Gasteiger partial charge in [-0.25, -0.2) is 9.97 Å².